The summed E-state index contributed by atoms with van der Waals surface area (Å²) in [5.74, 6) is 1.21. The van der Waals surface area contributed by atoms with Crippen LogP contribution < -0.4 is 4.74 Å². The summed E-state index contributed by atoms with van der Waals surface area (Å²) in [6.45, 7) is 4.32. The Morgan fingerprint density at radius 2 is 2.18 bits per heavy atom. The van der Waals surface area contributed by atoms with Gasteiger partial charge in [0.15, 0.2) is 0 Å². The third kappa shape index (κ3) is 2.81. The van der Waals surface area contributed by atoms with E-state index in [0.717, 1.165) is 16.9 Å². The van der Waals surface area contributed by atoms with Gasteiger partial charge in [-0.1, -0.05) is 13.8 Å². The Morgan fingerprint density at radius 1 is 1.36 bits per heavy atom. The first-order valence-corrected chi connectivity index (χ1v) is 6.97. The van der Waals surface area contributed by atoms with Crippen molar-refractivity contribution in [3.8, 4) is 5.75 Å². The molecule has 0 saturated heterocycles. The second kappa shape index (κ2) is 5.55. The zero-order valence-corrected chi connectivity index (χ0v) is 12.3. The molecule has 2 N–H and O–H groups in total. The van der Waals surface area contributed by atoms with Crippen LogP contribution >= 0.6 is 0 Å². The smallest absolute Gasteiger partial charge is 0.371 e. The van der Waals surface area contributed by atoms with E-state index in [1.165, 1.54) is 6.07 Å². The van der Waals surface area contributed by atoms with E-state index in [4.69, 9.17) is 14.3 Å². The Morgan fingerprint density at radius 3 is 2.86 bits per heavy atom. The lowest BCUT2D eigenvalue weighted by atomic mass is 10.2. The van der Waals surface area contributed by atoms with Crippen molar-refractivity contribution in [2.75, 3.05) is 0 Å². The van der Waals surface area contributed by atoms with Gasteiger partial charge in [0.25, 0.3) is 0 Å². The Bertz CT molecular complexity index is 817. The molecule has 0 fully saturated rings. The summed E-state index contributed by atoms with van der Waals surface area (Å²) < 4.78 is 10.8. The fourth-order valence-corrected chi connectivity index (χ4v) is 2.10. The Kier molecular flexibility index (Phi) is 3.58. The molecule has 22 heavy (non-hydrogen) atoms. The molecule has 0 saturated carbocycles. The molecule has 0 aliphatic heterocycles. The largest absolute Gasteiger partial charge is 0.486 e. The molecule has 0 radical (unpaired) electrons. The summed E-state index contributed by atoms with van der Waals surface area (Å²) in [7, 11) is 0. The summed E-state index contributed by atoms with van der Waals surface area (Å²) in [5.41, 5.74) is 1.80. The maximum atomic E-state index is 10.7. The van der Waals surface area contributed by atoms with E-state index >= 15 is 0 Å². The lowest BCUT2D eigenvalue weighted by Gasteiger charge is -2.03. The van der Waals surface area contributed by atoms with E-state index in [-0.39, 0.29) is 12.4 Å². The summed E-state index contributed by atoms with van der Waals surface area (Å²) in [6, 6.07) is 8.59. The van der Waals surface area contributed by atoms with E-state index in [1.807, 2.05) is 18.2 Å². The van der Waals surface area contributed by atoms with Crippen molar-refractivity contribution in [2.24, 2.45) is 0 Å². The molecular formula is C16H16N2O4. The van der Waals surface area contributed by atoms with Gasteiger partial charge in [0.2, 0.25) is 5.76 Å². The molecule has 3 rings (SSSR count). The molecule has 0 unspecified atom stereocenters. The van der Waals surface area contributed by atoms with Crippen LogP contribution in [-0.4, -0.2) is 21.0 Å². The minimum absolute atomic E-state index is 0.0933. The number of H-pyrrole nitrogens is 1. The number of carbonyl (C=O) groups is 1. The van der Waals surface area contributed by atoms with Gasteiger partial charge in [0.1, 0.15) is 23.9 Å². The number of aromatic carboxylic acids is 1. The van der Waals surface area contributed by atoms with Crippen molar-refractivity contribution in [1.82, 2.24) is 9.97 Å². The first-order chi connectivity index (χ1) is 10.5. The third-order valence-corrected chi connectivity index (χ3v) is 3.27. The second-order valence-electron chi connectivity index (χ2n) is 5.32. The van der Waals surface area contributed by atoms with Crippen molar-refractivity contribution in [1.29, 1.82) is 0 Å². The predicted molar refractivity (Wildman–Crippen MR) is 80.2 cm³/mol. The first kappa shape index (κ1) is 14.2. The third-order valence-electron chi connectivity index (χ3n) is 3.27. The van der Waals surface area contributed by atoms with Crippen molar-refractivity contribution in [3.63, 3.8) is 0 Å². The summed E-state index contributed by atoms with van der Waals surface area (Å²) >= 11 is 0. The number of furan rings is 1. The molecule has 6 nitrogen and oxygen atoms in total. The zero-order valence-electron chi connectivity index (χ0n) is 12.3. The Balaban J connectivity index is 1.74. The first-order valence-electron chi connectivity index (χ1n) is 6.97. The van der Waals surface area contributed by atoms with E-state index in [9.17, 15) is 4.79 Å². The number of nitrogens with one attached hydrogen (secondary N) is 1. The van der Waals surface area contributed by atoms with Crippen LogP contribution in [0.4, 0.5) is 0 Å². The zero-order chi connectivity index (χ0) is 15.7. The number of imidazole rings is 1. The molecule has 3 aromatic rings. The topological polar surface area (TPSA) is 88.3 Å². The molecule has 114 valence electrons. The van der Waals surface area contributed by atoms with Gasteiger partial charge in [-0.2, -0.15) is 0 Å². The summed E-state index contributed by atoms with van der Waals surface area (Å²) in [6.07, 6.45) is 0. The Labute approximate surface area is 126 Å². The quantitative estimate of drug-likeness (QED) is 0.752. The van der Waals surface area contributed by atoms with Crippen LogP contribution in [0.3, 0.4) is 0 Å². The number of rotatable bonds is 5. The number of benzene rings is 1. The minimum atomic E-state index is -1.09. The highest BCUT2D eigenvalue weighted by molar-refractivity contribution is 5.84. The van der Waals surface area contributed by atoms with E-state index < -0.39 is 5.97 Å². The molecule has 0 amide bonds. The number of carboxylic acid groups (broad SMARTS) is 1. The number of aromatic nitrogens is 2. The highest BCUT2D eigenvalue weighted by Crippen LogP contribution is 2.22. The van der Waals surface area contributed by atoms with Gasteiger partial charge in [-0.3, -0.25) is 0 Å². The van der Waals surface area contributed by atoms with Crippen molar-refractivity contribution < 1.29 is 19.1 Å². The van der Waals surface area contributed by atoms with Crippen molar-refractivity contribution in [2.45, 2.75) is 26.4 Å². The van der Waals surface area contributed by atoms with Crippen LogP contribution in [0.1, 0.15) is 41.9 Å². The monoisotopic (exact) mass is 300 g/mol. The Hall–Kier alpha value is -2.76. The number of nitrogens with zero attached hydrogens (tertiary/aromatic N) is 1. The second-order valence-corrected chi connectivity index (χ2v) is 5.32. The lowest BCUT2D eigenvalue weighted by Crippen LogP contribution is -1.95. The number of hydrogen-bond donors (Lipinski definition) is 2. The van der Waals surface area contributed by atoms with Gasteiger partial charge < -0.3 is 19.2 Å². The van der Waals surface area contributed by atoms with Crippen LogP contribution in [0.25, 0.3) is 11.0 Å². The average molecular weight is 300 g/mol. The normalized spacial score (nSPS) is 11.2. The maximum Gasteiger partial charge on any atom is 0.371 e. The van der Waals surface area contributed by atoms with Gasteiger partial charge in [0.05, 0.1) is 11.0 Å². The number of aromatic amines is 1. The summed E-state index contributed by atoms with van der Waals surface area (Å²) in [5, 5.41) is 8.80. The van der Waals surface area contributed by atoms with Gasteiger partial charge in [-0.05, 0) is 24.3 Å². The molecule has 1 aromatic carbocycles. The summed E-state index contributed by atoms with van der Waals surface area (Å²) in [4.78, 5) is 18.5. The van der Waals surface area contributed by atoms with E-state index in [2.05, 4.69) is 23.8 Å². The van der Waals surface area contributed by atoms with Gasteiger partial charge in [-0.15, -0.1) is 0 Å². The molecule has 0 spiro atoms. The van der Waals surface area contributed by atoms with E-state index in [0.29, 0.717) is 17.4 Å². The molecule has 0 atom stereocenters. The van der Waals surface area contributed by atoms with Crippen molar-refractivity contribution in [3.05, 3.63) is 47.7 Å². The highest BCUT2D eigenvalue weighted by atomic mass is 16.5. The molecule has 0 bridgehead atoms. The average Bonchev–Trinajstić information content (AvgIpc) is 3.11. The molecule has 2 heterocycles. The predicted octanol–water partition coefficient (Wildman–Crippen LogP) is 3.56. The lowest BCUT2D eigenvalue weighted by molar-refractivity contribution is 0.0658. The maximum absolute atomic E-state index is 10.7. The minimum Gasteiger partial charge on any atom is -0.486 e. The number of fused-ring (bicyclic) bond motifs is 1. The molecular weight excluding hydrogens is 284 g/mol. The molecule has 2 aromatic heterocycles. The molecule has 0 aliphatic rings. The van der Waals surface area contributed by atoms with Crippen LogP contribution in [0.2, 0.25) is 0 Å². The van der Waals surface area contributed by atoms with Crippen LogP contribution in [0.5, 0.6) is 5.75 Å². The van der Waals surface area contributed by atoms with Crippen LogP contribution in [0, 0.1) is 0 Å². The fraction of sp³-hybridized carbons (Fsp3) is 0.250. The van der Waals surface area contributed by atoms with Gasteiger partial charge in [0, 0.05) is 12.0 Å². The van der Waals surface area contributed by atoms with Crippen LogP contribution in [-0.2, 0) is 6.61 Å². The number of carboxylic acids is 1. The molecule has 0 aliphatic carbocycles. The van der Waals surface area contributed by atoms with Gasteiger partial charge >= 0.3 is 5.97 Å². The number of ether oxygens (including phenoxy) is 1. The van der Waals surface area contributed by atoms with E-state index in [1.54, 1.807) is 6.07 Å². The van der Waals surface area contributed by atoms with Crippen molar-refractivity contribution >= 4 is 17.0 Å². The fourth-order valence-electron chi connectivity index (χ4n) is 2.10. The van der Waals surface area contributed by atoms with Crippen LogP contribution in [0.15, 0.2) is 34.7 Å². The SMILES string of the molecule is CC(C)c1nc2ccc(OCc3ccc(C(=O)O)o3)cc2[nH]1. The molecule has 6 heteroatoms. The number of hydrogen-bond acceptors (Lipinski definition) is 4. The highest BCUT2D eigenvalue weighted by Gasteiger charge is 2.10. The standard InChI is InChI=1S/C16H16N2O4/c1-9(2)15-17-12-5-3-10(7-13(12)18-15)21-8-11-4-6-14(22-11)16(19)20/h3-7,9H,8H2,1-2H3,(H,17,18)(H,19,20). The van der Waals surface area contributed by atoms with Gasteiger partial charge in [-0.25, -0.2) is 9.78 Å².